The van der Waals surface area contributed by atoms with E-state index in [4.69, 9.17) is 9.47 Å². The molecule has 1 aliphatic heterocycles. The third-order valence-corrected chi connectivity index (χ3v) is 8.94. The molecule has 1 aromatic heterocycles. The molecule has 4 aromatic rings. The van der Waals surface area contributed by atoms with Crippen LogP contribution < -0.4 is 19.3 Å². The smallest absolute Gasteiger partial charge is 0.322 e. The molecule has 2 heterocycles. The monoisotopic (exact) mass is 639 g/mol. The minimum absolute atomic E-state index is 0.107. The number of sulfonamides is 1. The Morgan fingerprint density at radius 3 is 2.44 bits per heavy atom. The van der Waals surface area contributed by atoms with Crippen molar-refractivity contribution in [1.82, 2.24) is 14.9 Å². The summed E-state index contributed by atoms with van der Waals surface area (Å²) in [5.74, 6) is -0.110. The van der Waals surface area contributed by atoms with E-state index in [2.05, 4.69) is 32.1 Å². The molecule has 1 N–H and O–H groups in total. The van der Waals surface area contributed by atoms with Crippen molar-refractivity contribution in [3.8, 4) is 22.8 Å². The Morgan fingerprint density at radius 1 is 1.00 bits per heavy atom. The summed E-state index contributed by atoms with van der Waals surface area (Å²) in [5.41, 5.74) is 1.79. The average molecular weight is 640 g/mol. The maximum Gasteiger partial charge on any atom is 0.322 e. The number of carbonyl (C=O) groups excluding carboxylic acids is 1. The first kappa shape index (κ1) is 31.6. The van der Waals surface area contributed by atoms with Gasteiger partial charge in [0, 0.05) is 23.4 Å². The number of halogens is 2. The number of methoxy groups -OCH3 is 1. The lowest BCUT2D eigenvalue weighted by Crippen LogP contribution is -2.32. The van der Waals surface area contributed by atoms with E-state index in [1.165, 1.54) is 30.6 Å². The molecule has 0 saturated carbocycles. The van der Waals surface area contributed by atoms with Gasteiger partial charge in [0.15, 0.2) is 11.5 Å². The Bertz CT molecular complexity index is 1750. The minimum Gasteiger partial charge on any atom is -0.493 e. The number of nitrogens with zero attached hydrogens (tertiary/aromatic N) is 4. The van der Waals surface area contributed by atoms with Gasteiger partial charge in [0.1, 0.15) is 28.7 Å². The Kier molecular flexibility index (Phi) is 9.74. The van der Waals surface area contributed by atoms with Crippen LogP contribution in [0, 0.1) is 17.6 Å². The molecule has 1 saturated heterocycles. The number of hydrogen-bond acceptors (Lipinski definition) is 10. The highest BCUT2D eigenvalue weighted by Gasteiger charge is 2.30. The molecule has 0 radical (unpaired) electrons. The van der Waals surface area contributed by atoms with Crippen molar-refractivity contribution >= 4 is 33.7 Å². The summed E-state index contributed by atoms with van der Waals surface area (Å²) in [6, 6.07) is 15.0. The lowest BCUT2D eigenvalue weighted by molar-refractivity contribution is -0.128. The summed E-state index contributed by atoms with van der Waals surface area (Å²) in [7, 11) is -1.01. The molecule has 45 heavy (non-hydrogen) atoms. The lowest BCUT2D eigenvalue weighted by Gasteiger charge is -2.28. The van der Waals surface area contributed by atoms with Gasteiger partial charge < -0.3 is 24.5 Å². The van der Waals surface area contributed by atoms with E-state index in [-0.39, 0.29) is 16.6 Å². The van der Waals surface area contributed by atoms with Crippen molar-refractivity contribution < 1.29 is 36.3 Å². The zero-order chi connectivity index (χ0) is 32.0. The van der Waals surface area contributed by atoms with Crippen LogP contribution in [0.5, 0.6) is 11.5 Å². The number of rotatable bonds is 12. The maximum absolute atomic E-state index is 14.3. The van der Waals surface area contributed by atoms with E-state index in [1.807, 2.05) is 18.2 Å². The van der Waals surface area contributed by atoms with E-state index in [1.54, 1.807) is 13.2 Å². The van der Waals surface area contributed by atoms with Gasteiger partial charge in [-0.3, -0.25) is 4.79 Å². The van der Waals surface area contributed by atoms with Crippen molar-refractivity contribution in [2.75, 3.05) is 43.6 Å². The molecule has 11 nitrogen and oxygen atoms in total. The molecular formula is C31H31F2N5O6S. The van der Waals surface area contributed by atoms with Gasteiger partial charge in [-0.05, 0) is 93.5 Å². The van der Waals surface area contributed by atoms with Gasteiger partial charge in [-0.2, -0.15) is 8.42 Å². The first-order valence-electron chi connectivity index (χ1n) is 14.0. The van der Waals surface area contributed by atoms with E-state index >= 15 is 0 Å². The molecule has 0 bridgehead atoms. The van der Waals surface area contributed by atoms with E-state index < -0.39 is 26.6 Å². The summed E-state index contributed by atoms with van der Waals surface area (Å²) in [6.07, 6.45) is 3.58. The lowest BCUT2D eigenvalue weighted by atomic mass is 9.98. The summed E-state index contributed by atoms with van der Waals surface area (Å²) in [6.45, 7) is 2.63. The van der Waals surface area contributed by atoms with Crippen molar-refractivity contribution in [1.29, 1.82) is 0 Å². The van der Waals surface area contributed by atoms with Crippen LogP contribution >= 0.6 is 0 Å². The van der Waals surface area contributed by atoms with Gasteiger partial charge in [0.05, 0.1) is 25.1 Å². The number of ether oxygens (including phenoxy) is 2. The first-order chi connectivity index (χ1) is 21.7. The highest BCUT2D eigenvalue weighted by molar-refractivity contribution is 7.92. The summed E-state index contributed by atoms with van der Waals surface area (Å²) in [4.78, 5) is 25.9. The molecule has 0 atom stereocenters. The predicted octanol–water partition coefficient (Wildman–Crippen LogP) is 5.18. The molecule has 236 valence electrons. The van der Waals surface area contributed by atoms with Crippen molar-refractivity contribution in [2.45, 2.75) is 17.7 Å². The van der Waals surface area contributed by atoms with Gasteiger partial charge in [0.25, 0.3) is 10.0 Å². The fraction of sp³-hybridized carbons (Fsp3) is 0.258. The first-order valence-corrected chi connectivity index (χ1v) is 15.4. The van der Waals surface area contributed by atoms with Crippen molar-refractivity contribution in [2.24, 2.45) is 5.92 Å². The molecule has 0 spiro atoms. The second-order valence-corrected chi connectivity index (χ2v) is 12.1. The van der Waals surface area contributed by atoms with Gasteiger partial charge in [-0.25, -0.2) is 18.7 Å². The topological polar surface area (TPSA) is 123 Å². The zero-order valence-corrected chi connectivity index (χ0v) is 25.3. The van der Waals surface area contributed by atoms with E-state index in [0.717, 1.165) is 43.6 Å². The zero-order valence-electron chi connectivity index (χ0n) is 24.5. The number of piperidine rings is 1. The van der Waals surface area contributed by atoms with Crippen LogP contribution in [-0.2, 0) is 19.7 Å². The molecule has 0 unspecified atom stereocenters. The number of likely N-dealkylation sites (tertiary alicyclic amines) is 1. The predicted molar refractivity (Wildman–Crippen MR) is 163 cm³/mol. The van der Waals surface area contributed by atoms with Gasteiger partial charge in [0.2, 0.25) is 0 Å². The third kappa shape index (κ3) is 7.46. The summed E-state index contributed by atoms with van der Waals surface area (Å²) in [5, 5.41) is 3.11. The van der Waals surface area contributed by atoms with E-state index in [9.17, 15) is 22.0 Å². The number of anilines is 3. The number of aromatic nitrogens is 2. The van der Waals surface area contributed by atoms with Crippen LogP contribution in [0.2, 0.25) is 0 Å². The molecular weight excluding hydrogens is 608 g/mol. The average Bonchev–Trinajstić information content (AvgIpc) is 3.03. The van der Waals surface area contributed by atoms with Crippen LogP contribution in [0.1, 0.15) is 12.8 Å². The Balaban J connectivity index is 1.29. The molecule has 1 aliphatic rings. The molecule has 3 aromatic carbocycles. The SMILES string of the molecule is COc1cc(-c2cc(Nc3ccc(N(OC=O)S(=O)(=O)c4ccc(F)cc4F)cc3)ncn2)ccc1OCC1CCN(C)CC1. The van der Waals surface area contributed by atoms with Crippen LogP contribution in [-0.4, -0.2) is 63.6 Å². The normalized spacial score (nSPS) is 14.0. The summed E-state index contributed by atoms with van der Waals surface area (Å²) >= 11 is 0. The molecule has 0 aliphatic carbocycles. The number of nitrogens with one attached hydrogen (secondary N) is 1. The molecule has 0 amide bonds. The highest BCUT2D eigenvalue weighted by atomic mass is 32.2. The second-order valence-electron chi connectivity index (χ2n) is 10.4. The Labute approximate surface area is 259 Å². The fourth-order valence-corrected chi connectivity index (χ4v) is 6.12. The fourth-order valence-electron chi connectivity index (χ4n) is 4.85. The largest absolute Gasteiger partial charge is 0.493 e. The van der Waals surface area contributed by atoms with Crippen LogP contribution in [0.4, 0.5) is 26.0 Å². The van der Waals surface area contributed by atoms with Gasteiger partial charge in [-0.15, -0.1) is 0 Å². The second kappa shape index (κ2) is 13.9. The van der Waals surface area contributed by atoms with Crippen molar-refractivity contribution in [3.63, 3.8) is 0 Å². The standard InChI is InChI=1S/C31H31F2N5O6S/c1-37-13-11-21(12-14-37)18-43-28-9-3-22(15-29(28)42-2)27-17-31(35-19-34-27)36-24-5-7-25(8-6-24)38(44-20-39)45(40,41)30-10-4-23(32)16-26(30)33/h3-10,15-17,19-21H,11-14,18H2,1-2H3,(H,34,35,36). The Morgan fingerprint density at radius 2 is 1.76 bits per heavy atom. The van der Waals surface area contributed by atoms with E-state index in [0.29, 0.717) is 47.3 Å². The minimum atomic E-state index is -4.72. The van der Waals surface area contributed by atoms with Crippen LogP contribution in [0.25, 0.3) is 11.3 Å². The van der Waals surface area contributed by atoms with Gasteiger partial charge in [-0.1, -0.05) is 4.47 Å². The van der Waals surface area contributed by atoms with Gasteiger partial charge >= 0.3 is 6.47 Å². The van der Waals surface area contributed by atoms with Crippen LogP contribution in [0.3, 0.4) is 0 Å². The number of benzene rings is 3. The quantitative estimate of drug-likeness (QED) is 0.164. The number of carbonyl (C=O) groups is 1. The number of hydrogen-bond donors (Lipinski definition) is 1. The molecule has 14 heteroatoms. The summed E-state index contributed by atoms with van der Waals surface area (Å²) < 4.78 is 65.6. The highest BCUT2D eigenvalue weighted by Crippen LogP contribution is 2.34. The Hall–Kier alpha value is -4.82. The maximum atomic E-state index is 14.3. The van der Waals surface area contributed by atoms with Crippen molar-refractivity contribution in [3.05, 3.63) is 84.7 Å². The molecule has 5 rings (SSSR count). The molecule has 1 fully saturated rings. The van der Waals surface area contributed by atoms with Crippen LogP contribution in [0.15, 0.2) is 78.0 Å². The third-order valence-electron chi connectivity index (χ3n) is 7.32.